The van der Waals surface area contributed by atoms with Gasteiger partial charge >= 0.3 is 0 Å². The van der Waals surface area contributed by atoms with Gasteiger partial charge in [-0.25, -0.2) is 0 Å². The number of rotatable bonds is 3. The third-order valence-electron chi connectivity index (χ3n) is 6.69. The highest BCUT2D eigenvalue weighted by Crippen LogP contribution is 2.48. The molecule has 5 heteroatoms. The standard InChI is InChI=1S/C24H28ClNO2.ClH/c25-17-8-10-18(11-9-17)28-19-12-13-22-21(15-19)24-20(7-4-14-27-24)23(26-22)16-5-2-1-3-6-16;/h8-13,15-16,20,23-24,26H,1-7,14H2;1H/t20-,23+,24-;/m0./s1. The first kappa shape index (κ1) is 20.8. The van der Waals surface area contributed by atoms with Gasteiger partial charge in [0.15, 0.2) is 0 Å². The van der Waals surface area contributed by atoms with E-state index in [9.17, 15) is 0 Å². The molecule has 2 aromatic carbocycles. The molecule has 0 radical (unpaired) electrons. The lowest BCUT2D eigenvalue weighted by atomic mass is 9.71. The van der Waals surface area contributed by atoms with Crippen LogP contribution in [0.1, 0.15) is 56.6 Å². The Morgan fingerprint density at radius 1 is 0.897 bits per heavy atom. The molecule has 1 saturated heterocycles. The summed E-state index contributed by atoms with van der Waals surface area (Å²) in [6, 6.07) is 14.4. The van der Waals surface area contributed by atoms with E-state index < -0.39 is 0 Å². The zero-order chi connectivity index (χ0) is 18.9. The zero-order valence-electron chi connectivity index (χ0n) is 16.6. The van der Waals surface area contributed by atoms with E-state index in [1.54, 1.807) is 0 Å². The van der Waals surface area contributed by atoms with Crippen molar-refractivity contribution in [3.05, 3.63) is 53.1 Å². The minimum Gasteiger partial charge on any atom is -0.457 e. The molecule has 1 saturated carbocycles. The highest BCUT2D eigenvalue weighted by molar-refractivity contribution is 6.30. The van der Waals surface area contributed by atoms with Crippen LogP contribution in [0.2, 0.25) is 5.02 Å². The van der Waals surface area contributed by atoms with Crippen molar-refractivity contribution in [2.45, 2.75) is 57.1 Å². The first-order valence-electron chi connectivity index (χ1n) is 10.7. The summed E-state index contributed by atoms with van der Waals surface area (Å²) in [5.41, 5.74) is 2.48. The van der Waals surface area contributed by atoms with Gasteiger partial charge in [-0.15, -0.1) is 12.4 Å². The lowest BCUT2D eigenvalue weighted by molar-refractivity contribution is -0.0458. The number of fused-ring (bicyclic) bond motifs is 3. The molecule has 0 spiro atoms. The van der Waals surface area contributed by atoms with Gasteiger partial charge < -0.3 is 14.8 Å². The van der Waals surface area contributed by atoms with Gasteiger partial charge in [-0.3, -0.25) is 0 Å². The Morgan fingerprint density at radius 2 is 1.66 bits per heavy atom. The van der Waals surface area contributed by atoms with Crippen molar-refractivity contribution < 1.29 is 9.47 Å². The molecule has 1 N–H and O–H groups in total. The van der Waals surface area contributed by atoms with Crippen molar-refractivity contribution in [3.63, 3.8) is 0 Å². The molecule has 2 fully saturated rings. The summed E-state index contributed by atoms with van der Waals surface area (Å²) >= 11 is 5.98. The smallest absolute Gasteiger partial charge is 0.127 e. The van der Waals surface area contributed by atoms with Crippen LogP contribution in [0.4, 0.5) is 5.69 Å². The maximum atomic E-state index is 6.34. The molecule has 2 aromatic rings. The van der Waals surface area contributed by atoms with Crippen molar-refractivity contribution in [2.75, 3.05) is 11.9 Å². The molecule has 3 atom stereocenters. The van der Waals surface area contributed by atoms with Crippen LogP contribution >= 0.6 is 24.0 Å². The number of benzene rings is 2. The number of anilines is 1. The monoisotopic (exact) mass is 433 g/mol. The second-order valence-electron chi connectivity index (χ2n) is 8.47. The third kappa shape index (κ3) is 4.38. The highest BCUT2D eigenvalue weighted by Gasteiger charge is 2.42. The zero-order valence-corrected chi connectivity index (χ0v) is 18.2. The molecule has 1 aliphatic carbocycles. The van der Waals surface area contributed by atoms with Crippen LogP contribution in [0.25, 0.3) is 0 Å². The van der Waals surface area contributed by atoms with Crippen molar-refractivity contribution >= 4 is 29.7 Å². The normalized spacial score (nSPS) is 26.4. The van der Waals surface area contributed by atoms with Gasteiger partial charge in [-0.1, -0.05) is 30.9 Å². The summed E-state index contributed by atoms with van der Waals surface area (Å²) in [5.74, 6) is 3.00. The van der Waals surface area contributed by atoms with Crippen molar-refractivity contribution in [2.24, 2.45) is 11.8 Å². The van der Waals surface area contributed by atoms with Gasteiger partial charge in [0, 0.05) is 34.8 Å². The fourth-order valence-electron chi connectivity index (χ4n) is 5.35. The molecule has 29 heavy (non-hydrogen) atoms. The van der Waals surface area contributed by atoms with Gasteiger partial charge in [0.05, 0.1) is 6.10 Å². The Balaban J connectivity index is 0.00000205. The first-order valence-corrected chi connectivity index (χ1v) is 11.1. The summed E-state index contributed by atoms with van der Waals surface area (Å²) < 4.78 is 12.4. The molecule has 0 bridgehead atoms. The summed E-state index contributed by atoms with van der Waals surface area (Å²) in [5, 5.41) is 4.63. The lowest BCUT2D eigenvalue weighted by Gasteiger charge is -2.47. The van der Waals surface area contributed by atoms with Gasteiger partial charge in [-0.05, 0) is 74.1 Å². The molecule has 5 rings (SSSR count). The van der Waals surface area contributed by atoms with E-state index in [1.165, 1.54) is 56.2 Å². The Morgan fingerprint density at radius 3 is 2.45 bits per heavy atom. The maximum absolute atomic E-state index is 6.34. The Bertz CT molecular complexity index is 820. The van der Waals surface area contributed by atoms with E-state index >= 15 is 0 Å². The van der Waals surface area contributed by atoms with E-state index in [2.05, 4.69) is 23.5 Å². The van der Waals surface area contributed by atoms with E-state index in [0.29, 0.717) is 17.0 Å². The molecule has 0 aromatic heterocycles. The second-order valence-corrected chi connectivity index (χ2v) is 8.91. The van der Waals surface area contributed by atoms with Crippen LogP contribution in [0.3, 0.4) is 0 Å². The number of halogens is 2. The van der Waals surface area contributed by atoms with Crippen LogP contribution in [0.15, 0.2) is 42.5 Å². The Kier molecular flexibility index (Phi) is 6.58. The van der Waals surface area contributed by atoms with Crippen molar-refractivity contribution in [1.29, 1.82) is 0 Å². The van der Waals surface area contributed by atoms with Gasteiger partial charge in [-0.2, -0.15) is 0 Å². The minimum absolute atomic E-state index is 0. The Hall–Kier alpha value is -1.42. The van der Waals surface area contributed by atoms with Crippen LogP contribution in [0, 0.1) is 11.8 Å². The third-order valence-corrected chi connectivity index (χ3v) is 6.94. The lowest BCUT2D eigenvalue weighted by Crippen LogP contribution is -2.46. The van der Waals surface area contributed by atoms with E-state index in [1.807, 2.05) is 24.3 Å². The Labute approximate surface area is 184 Å². The molecular weight excluding hydrogens is 405 g/mol. The number of hydrogen-bond acceptors (Lipinski definition) is 3. The maximum Gasteiger partial charge on any atom is 0.127 e. The van der Waals surface area contributed by atoms with Crippen LogP contribution in [-0.2, 0) is 4.74 Å². The van der Waals surface area contributed by atoms with E-state index in [-0.39, 0.29) is 18.5 Å². The highest BCUT2D eigenvalue weighted by atomic mass is 35.5. The summed E-state index contributed by atoms with van der Waals surface area (Å²) in [6.07, 6.45) is 9.47. The molecule has 2 heterocycles. The predicted molar refractivity (Wildman–Crippen MR) is 121 cm³/mol. The topological polar surface area (TPSA) is 30.5 Å². The molecule has 3 aliphatic rings. The van der Waals surface area contributed by atoms with Crippen LogP contribution in [0.5, 0.6) is 11.5 Å². The molecular formula is C24H29Cl2NO2. The molecule has 0 unspecified atom stereocenters. The summed E-state index contributed by atoms with van der Waals surface area (Å²) in [6.45, 7) is 0.861. The SMILES string of the molecule is Cl.Clc1ccc(Oc2ccc3c(c2)[C@H]2OCCC[C@H]2[C@@H](C2CCCCC2)N3)cc1. The predicted octanol–water partition coefficient (Wildman–Crippen LogP) is 7.40. The van der Waals surface area contributed by atoms with Crippen molar-refractivity contribution in [3.8, 4) is 11.5 Å². The van der Waals surface area contributed by atoms with Gasteiger partial charge in [0.2, 0.25) is 0 Å². The van der Waals surface area contributed by atoms with Gasteiger partial charge in [0.25, 0.3) is 0 Å². The quantitative estimate of drug-likeness (QED) is 0.546. The second kappa shape index (κ2) is 9.16. The van der Waals surface area contributed by atoms with Gasteiger partial charge in [0.1, 0.15) is 11.5 Å². The first-order chi connectivity index (χ1) is 13.8. The van der Waals surface area contributed by atoms with Crippen molar-refractivity contribution in [1.82, 2.24) is 0 Å². The summed E-state index contributed by atoms with van der Waals surface area (Å²) in [4.78, 5) is 0. The fraction of sp³-hybridized carbons (Fsp3) is 0.500. The average Bonchev–Trinajstić information content (AvgIpc) is 2.75. The summed E-state index contributed by atoms with van der Waals surface area (Å²) in [7, 11) is 0. The molecule has 3 nitrogen and oxygen atoms in total. The van der Waals surface area contributed by atoms with E-state index in [0.717, 1.165) is 24.0 Å². The number of hydrogen-bond donors (Lipinski definition) is 1. The number of ether oxygens (including phenoxy) is 2. The average molecular weight is 434 g/mol. The largest absolute Gasteiger partial charge is 0.457 e. The number of nitrogens with one attached hydrogen (secondary N) is 1. The fourth-order valence-corrected chi connectivity index (χ4v) is 5.48. The minimum atomic E-state index is 0. The molecule has 0 amide bonds. The van der Waals surface area contributed by atoms with Crippen LogP contribution < -0.4 is 10.1 Å². The van der Waals surface area contributed by atoms with E-state index in [4.69, 9.17) is 21.1 Å². The molecule has 2 aliphatic heterocycles. The van der Waals surface area contributed by atoms with Crippen LogP contribution in [-0.4, -0.2) is 12.6 Å². The molecule has 156 valence electrons.